The van der Waals surface area contributed by atoms with Crippen molar-refractivity contribution in [3.8, 4) is 0 Å². The van der Waals surface area contributed by atoms with Crippen molar-refractivity contribution in [2.75, 3.05) is 13.1 Å². The van der Waals surface area contributed by atoms with Gasteiger partial charge in [-0.1, -0.05) is 12.8 Å². The van der Waals surface area contributed by atoms with Crippen LogP contribution in [0.15, 0.2) is 18.2 Å². The molecule has 1 atom stereocenters. The van der Waals surface area contributed by atoms with Crippen LogP contribution < -0.4 is 0 Å². The third-order valence-corrected chi connectivity index (χ3v) is 3.77. The fourth-order valence-corrected chi connectivity index (χ4v) is 2.55. The number of rotatable bonds is 3. The third-order valence-electron chi connectivity index (χ3n) is 3.77. The molecule has 1 aromatic rings. The number of carbonyl (C=O) groups excluding carboxylic acids is 1. The summed E-state index contributed by atoms with van der Waals surface area (Å²) in [6, 6.07) is 3.35. The Hall–Kier alpha value is -1.29. The highest BCUT2D eigenvalue weighted by Gasteiger charge is 2.21. The molecule has 0 saturated carbocycles. The van der Waals surface area contributed by atoms with E-state index in [9.17, 15) is 13.6 Å². The number of likely N-dealkylation sites (tertiary alicyclic amines) is 1. The van der Waals surface area contributed by atoms with Gasteiger partial charge in [0.1, 0.15) is 11.6 Å². The first-order valence-electron chi connectivity index (χ1n) is 6.80. The Morgan fingerprint density at radius 3 is 2.89 bits per heavy atom. The summed E-state index contributed by atoms with van der Waals surface area (Å²) < 4.78 is 26.6. The summed E-state index contributed by atoms with van der Waals surface area (Å²) in [5.41, 5.74) is -0.142. The molecule has 1 unspecified atom stereocenters. The van der Waals surface area contributed by atoms with Crippen LogP contribution in [0.3, 0.4) is 0 Å². The van der Waals surface area contributed by atoms with Gasteiger partial charge in [-0.25, -0.2) is 8.78 Å². The van der Waals surface area contributed by atoms with Crippen molar-refractivity contribution in [3.63, 3.8) is 0 Å². The van der Waals surface area contributed by atoms with Crippen molar-refractivity contribution in [2.45, 2.75) is 38.6 Å². The fraction of sp³-hybridized carbons (Fsp3) is 0.533. The van der Waals surface area contributed by atoms with Crippen LogP contribution >= 0.6 is 0 Å². The molecule has 1 aliphatic heterocycles. The Bertz CT molecular complexity index is 461. The molecule has 0 spiro atoms. The molecule has 2 rings (SSSR count). The SMILES string of the molecule is CC1CCCCCN1CC(=O)c1cc(F)ccc1F. The normalized spacial score (nSPS) is 21.1. The van der Waals surface area contributed by atoms with Crippen LogP contribution in [0.5, 0.6) is 0 Å². The zero-order valence-corrected chi connectivity index (χ0v) is 11.2. The molecular weight excluding hydrogens is 248 g/mol. The van der Waals surface area contributed by atoms with Crippen LogP contribution in [-0.2, 0) is 0 Å². The van der Waals surface area contributed by atoms with Gasteiger partial charge in [0.15, 0.2) is 5.78 Å². The van der Waals surface area contributed by atoms with Gasteiger partial charge in [-0.3, -0.25) is 9.69 Å². The van der Waals surface area contributed by atoms with E-state index in [4.69, 9.17) is 0 Å². The first-order valence-corrected chi connectivity index (χ1v) is 6.80. The van der Waals surface area contributed by atoms with Crippen molar-refractivity contribution >= 4 is 5.78 Å². The van der Waals surface area contributed by atoms with Gasteiger partial charge < -0.3 is 0 Å². The van der Waals surface area contributed by atoms with Gasteiger partial charge in [-0.05, 0) is 44.5 Å². The topological polar surface area (TPSA) is 20.3 Å². The van der Waals surface area contributed by atoms with Gasteiger partial charge >= 0.3 is 0 Å². The van der Waals surface area contributed by atoms with Crippen LogP contribution in [0.1, 0.15) is 43.0 Å². The first kappa shape index (κ1) is 14.1. The molecule has 0 N–H and O–H groups in total. The van der Waals surface area contributed by atoms with Crippen LogP contribution in [-0.4, -0.2) is 29.8 Å². The molecule has 1 fully saturated rings. The van der Waals surface area contributed by atoms with Crippen LogP contribution in [0, 0.1) is 11.6 Å². The lowest BCUT2D eigenvalue weighted by Crippen LogP contribution is -2.37. The number of carbonyl (C=O) groups is 1. The van der Waals surface area contributed by atoms with E-state index in [-0.39, 0.29) is 17.9 Å². The van der Waals surface area contributed by atoms with Crippen LogP contribution in [0.4, 0.5) is 8.78 Å². The Morgan fingerprint density at radius 2 is 2.11 bits per heavy atom. The summed E-state index contributed by atoms with van der Waals surface area (Å²) in [4.78, 5) is 14.2. The zero-order valence-electron chi connectivity index (χ0n) is 11.2. The molecule has 0 radical (unpaired) electrons. The summed E-state index contributed by atoms with van der Waals surface area (Å²) >= 11 is 0. The maximum absolute atomic E-state index is 13.5. The van der Waals surface area contributed by atoms with Crippen molar-refractivity contribution in [3.05, 3.63) is 35.4 Å². The van der Waals surface area contributed by atoms with E-state index < -0.39 is 11.6 Å². The fourth-order valence-electron chi connectivity index (χ4n) is 2.55. The minimum absolute atomic E-state index is 0.142. The highest BCUT2D eigenvalue weighted by Crippen LogP contribution is 2.18. The predicted octanol–water partition coefficient (Wildman–Crippen LogP) is 3.41. The van der Waals surface area contributed by atoms with Gasteiger partial charge in [-0.2, -0.15) is 0 Å². The summed E-state index contributed by atoms with van der Waals surface area (Å²) in [6.07, 6.45) is 4.45. The van der Waals surface area contributed by atoms with Gasteiger partial charge in [0, 0.05) is 6.04 Å². The molecule has 0 aliphatic carbocycles. The summed E-state index contributed by atoms with van der Waals surface area (Å²) in [5, 5.41) is 0. The second-order valence-electron chi connectivity index (χ2n) is 5.22. The number of halogens is 2. The molecule has 4 heteroatoms. The average Bonchev–Trinajstić information content (AvgIpc) is 2.58. The Labute approximate surface area is 112 Å². The van der Waals surface area contributed by atoms with E-state index in [1.807, 2.05) is 0 Å². The number of ketones is 1. The maximum atomic E-state index is 13.5. The molecule has 1 aromatic carbocycles. The van der Waals surface area contributed by atoms with Crippen molar-refractivity contribution < 1.29 is 13.6 Å². The van der Waals surface area contributed by atoms with E-state index in [0.29, 0.717) is 6.04 Å². The molecule has 2 nitrogen and oxygen atoms in total. The molecule has 1 aliphatic rings. The first-order chi connectivity index (χ1) is 9.08. The number of benzene rings is 1. The van der Waals surface area contributed by atoms with Crippen molar-refractivity contribution in [1.82, 2.24) is 4.90 Å². The summed E-state index contributed by atoms with van der Waals surface area (Å²) in [6.45, 7) is 3.10. The van der Waals surface area contributed by atoms with Gasteiger partial charge in [0.05, 0.1) is 12.1 Å². The molecule has 1 saturated heterocycles. The molecule has 0 bridgehead atoms. The predicted molar refractivity (Wildman–Crippen MR) is 70.2 cm³/mol. The van der Waals surface area contributed by atoms with Gasteiger partial charge in [0.2, 0.25) is 0 Å². The minimum Gasteiger partial charge on any atom is -0.293 e. The van der Waals surface area contributed by atoms with Crippen molar-refractivity contribution in [1.29, 1.82) is 0 Å². The van der Waals surface area contributed by atoms with Crippen molar-refractivity contribution in [2.24, 2.45) is 0 Å². The summed E-state index contributed by atoms with van der Waals surface area (Å²) in [7, 11) is 0. The molecule has 0 aromatic heterocycles. The molecule has 1 heterocycles. The Morgan fingerprint density at radius 1 is 1.32 bits per heavy atom. The Balaban J connectivity index is 2.09. The molecule has 104 valence electrons. The van der Waals surface area contributed by atoms with Crippen LogP contribution in [0.2, 0.25) is 0 Å². The largest absolute Gasteiger partial charge is 0.293 e. The minimum atomic E-state index is -0.645. The van der Waals surface area contributed by atoms with E-state index in [0.717, 1.165) is 37.6 Å². The lowest BCUT2D eigenvalue weighted by Gasteiger charge is -2.26. The second-order valence-corrected chi connectivity index (χ2v) is 5.22. The molecule has 0 amide bonds. The average molecular weight is 267 g/mol. The number of hydrogen-bond donors (Lipinski definition) is 0. The monoisotopic (exact) mass is 267 g/mol. The van der Waals surface area contributed by atoms with E-state index in [1.165, 1.54) is 12.8 Å². The van der Waals surface area contributed by atoms with Crippen LogP contribution in [0.25, 0.3) is 0 Å². The number of nitrogens with zero attached hydrogens (tertiary/aromatic N) is 1. The quantitative estimate of drug-likeness (QED) is 0.782. The van der Waals surface area contributed by atoms with E-state index in [1.54, 1.807) is 0 Å². The third kappa shape index (κ3) is 3.60. The highest BCUT2D eigenvalue weighted by atomic mass is 19.1. The number of hydrogen-bond acceptors (Lipinski definition) is 2. The number of Topliss-reactive ketones (excluding diaryl/α,β-unsaturated/α-hetero) is 1. The molecule has 19 heavy (non-hydrogen) atoms. The highest BCUT2D eigenvalue weighted by molar-refractivity contribution is 5.97. The second kappa shape index (κ2) is 6.24. The van der Waals surface area contributed by atoms with E-state index in [2.05, 4.69) is 11.8 Å². The summed E-state index contributed by atoms with van der Waals surface area (Å²) in [5.74, 6) is -1.56. The molecular formula is C15H19F2NO. The van der Waals surface area contributed by atoms with Gasteiger partial charge in [0.25, 0.3) is 0 Å². The zero-order chi connectivity index (χ0) is 13.8. The standard InChI is InChI=1S/C15H19F2NO/c1-11-5-3-2-4-8-18(11)10-15(19)13-9-12(16)6-7-14(13)17/h6-7,9,11H,2-5,8,10H2,1H3. The maximum Gasteiger partial charge on any atom is 0.179 e. The van der Waals surface area contributed by atoms with Gasteiger partial charge in [-0.15, -0.1) is 0 Å². The van der Waals surface area contributed by atoms with E-state index >= 15 is 0 Å². The Kier molecular flexibility index (Phi) is 4.64. The smallest absolute Gasteiger partial charge is 0.179 e. The lowest BCUT2D eigenvalue weighted by atomic mass is 10.1. The lowest BCUT2D eigenvalue weighted by molar-refractivity contribution is 0.0897.